The molecular formula is C18H16N2O4S. The average Bonchev–Trinajstić information content (AvgIpc) is 2.60. The van der Waals surface area contributed by atoms with Gasteiger partial charge in [-0.05, 0) is 29.1 Å². The molecule has 0 heterocycles. The zero-order chi connectivity index (χ0) is 17.9. The van der Waals surface area contributed by atoms with Gasteiger partial charge in [-0.25, -0.2) is 18.4 Å². The number of carbonyl (C=O) groups is 1. The van der Waals surface area contributed by atoms with E-state index >= 15 is 0 Å². The molecule has 25 heavy (non-hydrogen) atoms. The fourth-order valence-corrected chi connectivity index (χ4v) is 2.95. The van der Waals surface area contributed by atoms with Crippen molar-refractivity contribution in [1.29, 1.82) is 0 Å². The number of hydrogen-bond acceptors (Lipinski definition) is 4. The smallest absolute Gasteiger partial charge is 0.411 e. The van der Waals surface area contributed by atoms with Crippen LogP contribution in [0.25, 0.3) is 10.8 Å². The van der Waals surface area contributed by atoms with Crippen LogP contribution < -0.4 is 10.5 Å². The number of amides is 1. The van der Waals surface area contributed by atoms with Crippen LogP contribution in [0.4, 0.5) is 10.5 Å². The van der Waals surface area contributed by atoms with Crippen LogP contribution in [0.2, 0.25) is 0 Å². The Morgan fingerprint density at radius 3 is 2.48 bits per heavy atom. The molecule has 0 aromatic heterocycles. The van der Waals surface area contributed by atoms with Crippen molar-refractivity contribution in [3.05, 3.63) is 72.3 Å². The maximum Gasteiger partial charge on any atom is 0.411 e. The van der Waals surface area contributed by atoms with E-state index in [9.17, 15) is 13.2 Å². The summed E-state index contributed by atoms with van der Waals surface area (Å²) in [6.45, 7) is 0.139. The summed E-state index contributed by atoms with van der Waals surface area (Å²) in [4.78, 5) is 12.0. The van der Waals surface area contributed by atoms with Crippen molar-refractivity contribution in [3.63, 3.8) is 0 Å². The van der Waals surface area contributed by atoms with Gasteiger partial charge in [-0.3, -0.25) is 5.32 Å². The number of hydrogen-bond donors (Lipinski definition) is 2. The quantitative estimate of drug-likeness (QED) is 0.750. The highest BCUT2D eigenvalue weighted by molar-refractivity contribution is 7.89. The highest BCUT2D eigenvalue weighted by atomic mass is 32.2. The third-order valence-corrected chi connectivity index (χ3v) is 4.54. The van der Waals surface area contributed by atoms with Crippen LogP contribution in [0.3, 0.4) is 0 Å². The molecule has 0 aliphatic carbocycles. The molecule has 7 heteroatoms. The Morgan fingerprint density at radius 1 is 1.00 bits per heavy atom. The normalized spacial score (nSPS) is 11.2. The van der Waals surface area contributed by atoms with Crippen molar-refractivity contribution >= 4 is 32.6 Å². The van der Waals surface area contributed by atoms with Crippen LogP contribution >= 0.6 is 0 Å². The molecule has 0 atom stereocenters. The Morgan fingerprint density at radius 2 is 1.76 bits per heavy atom. The first-order valence-electron chi connectivity index (χ1n) is 7.47. The predicted molar refractivity (Wildman–Crippen MR) is 95.6 cm³/mol. The fourth-order valence-electron chi connectivity index (χ4n) is 2.41. The lowest BCUT2D eigenvalue weighted by Gasteiger charge is -2.10. The summed E-state index contributed by atoms with van der Waals surface area (Å²) in [6, 6.07) is 19.0. The molecule has 6 nitrogen and oxygen atoms in total. The third kappa shape index (κ3) is 4.14. The van der Waals surface area contributed by atoms with Crippen molar-refractivity contribution in [2.24, 2.45) is 5.14 Å². The molecule has 0 saturated carbocycles. The summed E-state index contributed by atoms with van der Waals surface area (Å²) in [6.07, 6.45) is -0.627. The zero-order valence-electron chi connectivity index (χ0n) is 13.2. The van der Waals surface area contributed by atoms with Gasteiger partial charge in [0.2, 0.25) is 10.0 Å². The number of primary sulfonamides is 1. The predicted octanol–water partition coefficient (Wildman–Crippen LogP) is 3.24. The van der Waals surface area contributed by atoms with E-state index in [0.717, 1.165) is 10.9 Å². The number of nitrogens with one attached hydrogen (secondary N) is 1. The average molecular weight is 356 g/mol. The first-order valence-corrected chi connectivity index (χ1v) is 9.01. The molecule has 128 valence electrons. The molecule has 0 spiro atoms. The van der Waals surface area contributed by atoms with Crippen molar-refractivity contribution < 1.29 is 17.9 Å². The number of carbonyl (C=O) groups excluding carboxylic acids is 1. The Hall–Kier alpha value is -2.90. The summed E-state index contributed by atoms with van der Waals surface area (Å²) in [5.74, 6) is 0. The zero-order valence-corrected chi connectivity index (χ0v) is 14.0. The minimum Gasteiger partial charge on any atom is -0.444 e. The summed E-state index contributed by atoms with van der Waals surface area (Å²) in [5.41, 5.74) is 1.31. The third-order valence-electron chi connectivity index (χ3n) is 3.63. The van der Waals surface area contributed by atoms with Gasteiger partial charge in [0.05, 0.1) is 10.6 Å². The van der Waals surface area contributed by atoms with E-state index in [1.807, 2.05) is 36.4 Å². The fraction of sp³-hybridized carbons (Fsp3) is 0.0556. The minimum absolute atomic E-state index is 0.0214. The van der Waals surface area contributed by atoms with Crippen LogP contribution in [0.5, 0.6) is 0 Å². The number of rotatable bonds is 4. The van der Waals surface area contributed by atoms with Crippen LogP contribution in [-0.4, -0.2) is 14.5 Å². The lowest BCUT2D eigenvalue weighted by molar-refractivity contribution is 0.155. The summed E-state index contributed by atoms with van der Waals surface area (Å²) < 4.78 is 28.3. The molecule has 3 N–H and O–H groups in total. The summed E-state index contributed by atoms with van der Waals surface area (Å²) >= 11 is 0. The van der Waals surface area contributed by atoms with Crippen LogP contribution in [0.15, 0.2) is 71.6 Å². The largest absolute Gasteiger partial charge is 0.444 e. The number of ether oxygens (including phenoxy) is 1. The van der Waals surface area contributed by atoms with Gasteiger partial charge in [0.1, 0.15) is 6.61 Å². The van der Waals surface area contributed by atoms with Gasteiger partial charge in [0.25, 0.3) is 0 Å². The van der Waals surface area contributed by atoms with E-state index in [2.05, 4.69) is 5.32 Å². The van der Waals surface area contributed by atoms with Crippen molar-refractivity contribution in [3.8, 4) is 0 Å². The second-order valence-corrected chi connectivity index (χ2v) is 6.98. The van der Waals surface area contributed by atoms with Crippen LogP contribution in [0.1, 0.15) is 5.56 Å². The lowest BCUT2D eigenvalue weighted by atomic mass is 10.1. The first-order chi connectivity index (χ1) is 11.9. The van der Waals surface area contributed by atoms with Gasteiger partial charge in [-0.1, -0.05) is 48.5 Å². The topological polar surface area (TPSA) is 98.5 Å². The van der Waals surface area contributed by atoms with Gasteiger partial charge in [-0.15, -0.1) is 0 Å². The van der Waals surface area contributed by atoms with E-state index in [0.29, 0.717) is 11.1 Å². The summed E-state index contributed by atoms with van der Waals surface area (Å²) in [5, 5.41) is 9.14. The van der Waals surface area contributed by atoms with Gasteiger partial charge in [0, 0.05) is 5.39 Å². The molecule has 0 unspecified atom stereocenters. The van der Waals surface area contributed by atoms with Crippen LogP contribution in [-0.2, 0) is 21.4 Å². The maximum absolute atomic E-state index is 12.0. The molecule has 0 fully saturated rings. The van der Waals surface area contributed by atoms with Crippen LogP contribution in [0, 0.1) is 0 Å². The van der Waals surface area contributed by atoms with E-state index < -0.39 is 16.1 Å². The number of sulfonamides is 1. The van der Waals surface area contributed by atoms with Crippen molar-refractivity contribution in [2.75, 3.05) is 5.32 Å². The summed E-state index contributed by atoms with van der Waals surface area (Å²) in [7, 11) is -3.83. The monoisotopic (exact) mass is 356 g/mol. The first kappa shape index (κ1) is 16.9. The van der Waals surface area contributed by atoms with E-state index in [4.69, 9.17) is 9.88 Å². The molecule has 3 rings (SSSR count). The molecular weight excluding hydrogens is 340 g/mol. The molecule has 0 bridgehead atoms. The number of benzene rings is 3. The Labute approximate surface area is 145 Å². The van der Waals surface area contributed by atoms with Gasteiger partial charge >= 0.3 is 6.09 Å². The molecule has 0 aliphatic heterocycles. The second kappa shape index (κ2) is 6.92. The van der Waals surface area contributed by atoms with Gasteiger partial charge < -0.3 is 4.74 Å². The Bertz CT molecular complexity index is 1020. The molecule has 0 saturated heterocycles. The molecule has 1 amide bonds. The van der Waals surface area contributed by atoms with Gasteiger partial charge in [0.15, 0.2) is 0 Å². The molecule has 3 aromatic rings. The van der Waals surface area contributed by atoms with E-state index in [1.54, 1.807) is 18.2 Å². The highest BCUT2D eigenvalue weighted by Crippen LogP contribution is 2.26. The molecule has 3 aromatic carbocycles. The number of nitrogens with two attached hydrogens (primary N) is 1. The maximum atomic E-state index is 12.0. The minimum atomic E-state index is -3.83. The number of fused-ring (bicyclic) bond motifs is 1. The number of anilines is 1. The Balaban J connectivity index is 1.81. The SMILES string of the molecule is NS(=O)(=O)c1ccc2cccc(NC(=O)OCc3ccccc3)c2c1. The molecule has 0 aliphatic rings. The van der Waals surface area contributed by atoms with Crippen molar-refractivity contribution in [1.82, 2.24) is 0 Å². The standard InChI is InChI=1S/C18H16N2O4S/c19-25(22,23)15-10-9-14-7-4-8-17(16(14)11-15)20-18(21)24-12-13-5-2-1-3-6-13/h1-11H,12H2,(H,20,21)(H2,19,22,23). The Kier molecular flexibility index (Phi) is 4.69. The van der Waals surface area contributed by atoms with Crippen molar-refractivity contribution in [2.45, 2.75) is 11.5 Å². The van der Waals surface area contributed by atoms with E-state index in [-0.39, 0.29) is 11.5 Å². The van der Waals surface area contributed by atoms with Gasteiger partial charge in [-0.2, -0.15) is 0 Å². The molecule has 0 radical (unpaired) electrons. The van der Waals surface area contributed by atoms with E-state index in [1.165, 1.54) is 12.1 Å². The second-order valence-electron chi connectivity index (χ2n) is 5.42. The lowest BCUT2D eigenvalue weighted by Crippen LogP contribution is -2.14. The highest BCUT2D eigenvalue weighted by Gasteiger charge is 2.12.